The Balaban J connectivity index is 1.32. The van der Waals surface area contributed by atoms with E-state index in [2.05, 4.69) is 35.1 Å². The second-order valence-electron chi connectivity index (χ2n) is 35.0. The molecule has 0 spiro atoms. The van der Waals surface area contributed by atoms with Crippen LogP contribution in [0.25, 0.3) is 0 Å². The van der Waals surface area contributed by atoms with E-state index in [0.717, 1.165) is 85.0 Å². The molecule has 0 aliphatic carbocycles. The molecule has 6 aliphatic rings. The number of hydrogen-bond acceptors (Lipinski definition) is 37. The summed E-state index contributed by atoms with van der Waals surface area (Å²) >= 11 is 0. The summed E-state index contributed by atoms with van der Waals surface area (Å²) in [5, 5.41) is 248. The third-order valence-electron chi connectivity index (χ3n) is 24.6. The summed E-state index contributed by atoms with van der Waals surface area (Å²) in [6.45, 7) is -0.981. The Morgan fingerprint density at radius 3 is 1.30 bits per heavy atom. The van der Waals surface area contributed by atoms with Crippen LogP contribution in [-0.2, 0) is 85.6 Å². The summed E-state index contributed by atoms with van der Waals surface area (Å²) in [7, 11) is 0. The van der Waals surface area contributed by atoms with E-state index in [1.807, 2.05) is 0 Å². The molecule has 4 amide bonds. The molecular weight excluding hydrogens is 1710 g/mol. The highest BCUT2D eigenvalue weighted by molar-refractivity contribution is 5.78. The van der Waals surface area contributed by atoms with Gasteiger partial charge in [-0.05, 0) is 19.3 Å². The van der Waals surface area contributed by atoms with Gasteiger partial charge in [0.15, 0.2) is 25.2 Å². The van der Waals surface area contributed by atoms with Crippen LogP contribution in [0.3, 0.4) is 0 Å². The number of rotatable bonds is 61. The van der Waals surface area contributed by atoms with Crippen LogP contribution in [0, 0.1) is 0 Å². The SMILES string of the molecule is CCCCCCCCCCCCC/C=C/[C@@H](O)[C@H](CO[C@@H]1OC(CO)[C@@H](O[C@@H]2OC(CO)[C@H](O[C@@H]3OC(CO)[C@H](O)[C@H](O[C@@H]4OC(CO)[C@H](O)[C@H](O)C4O)C3NC(C)=O)[C@H](O[C@]3(C(=O)O)CC(O)[C@@H](NC(C)=O)C([C@H](O)[C@@H](CO)O[C@]4(C(=O)O)CC(O)[C@@H](NC(C)=O)C([C@H](O)[C@H](O)CO)O4)O3)C2O)[C@H](O)C1O)NC(=O)CCCCCCCCCCCCCCCCCCC. The highest BCUT2D eigenvalue weighted by atomic mass is 16.8. The van der Waals surface area contributed by atoms with Gasteiger partial charge in [0.25, 0.3) is 11.6 Å². The molecule has 0 aromatic rings. The first-order valence-electron chi connectivity index (χ1n) is 46.2. The fourth-order valence-electron chi connectivity index (χ4n) is 17.3. The summed E-state index contributed by atoms with van der Waals surface area (Å²) in [5.74, 6) is -15.0. The normalized spacial score (nSPS) is 34.8. The minimum Gasteiger partial charge on any atom is -0.477 e. The molecule has 43 heteroatoms. The molecule has 0 aromatic carbocycles. The lowest BCUT2D eigenvalue weighted by Crippen LogP contribution is -2.73. The lowest BCUT2D eigenvalue weighted by molar-refractivity contribution is -0.404. The third-order valence-corrected chi connectivity index (χ3v) is 24.6. The monoisotopic (exact) mass is 1870 g/mol. The summed E-state index contributed by atoms with van der Waals surface area (Å²) < 4.78 is 72.2. The lowest BCUT2D eigenvalue weighted by atomic mass is 9.87. The van der Waals surface area contributed by atoms with E-state index < -0.39 is 302 Å². The number of aliphatic carboxylic acids is 2. The van der Waals surface area contributed by atoms with Crippen molar-refractivity contribution in [2.45, 2.75) is 447 Å². The van der Waals surface area contributed by atoms with Crippen molar-refractivity contribution in [1.29, 1.82) is 0 Å². The molecule has 0 saturated carbocycles. The van der Waals surface area contributed by atoms with Gasteiger partial charge in [0.05, 0.1) is 82.7 Å². The zero-order valence-electron chi connectivity index (χ0n) is 74.9. The molecule has 750 valence electrons. The zero-order valence-corrected chi connectivity index (χ0v) is 74.9. The number of unbranched alkanes of at least 4 members (excludes halogenated alkanes) is 27. The van der Waals surface area contributed by atoms with E-state index in [0.29, 0.717) is 12.8 Å². The van der Waals surface area contributed by atoms with Gasteiger partial charge in [0.1, 0.15) is 134 Å². The molecule has 6 fully saturated rings. The van der Waals surface area contributed by atoms with Crippen molar-refractivity contribution in [1.82, 2.24) is 21.3 Å². The van der Waals surface area contributed by atoms with Gasteiger partial charge in [-0.15, -0.1) is 0 Å². The first kappa shape index (κ1) is 113. The van der Waals surface area contributed by atoms with E-state index in [1.54, 1.807) is 6.08 Å². The first-order chi connectivity index (χ1) is 61.6. The number of aliphatic hydroxyl groups is 19. The molecular formula is C86H152N4O39. The van der Waals surface area contributed by atoms with Crippen LogP contribution in [0.5, 0.6) is 0 Å². The Labute approximate surface area is 752 Å². The number of allylic oxidation sites excluding steroid dienone is 1. The second kappa shape index (κ2) is 58.0. The topological polar surface area (TPSA) is 686 Å². The van der Waals surface area contributed by atoms with Crippen LogP contribution in [0.4, 0.5) is 0 Å². The molecule has 0 aromatic heterocycles. The number of carbonyl (C=O) groups excluding carboxylic acids is 4. The van der Waals surface area contributed by atoms with Crippen molar-refractivity contribution >= 4 is 35.6 Å². The maximum Gasteiger partial charge on any atom is 0.364 e. The van der Waals surface area contributed by atoms with E-state index in [9.17, 15) is 136 Å². The molecule has 34 atom stereocenters. The van der Waals surface area contributed by atoms with Crippen LogP contribution in [-0.4, -0.2) is 396 Å². The summed E-state index contributed by atoms with van der Waals surface area (Å²) in [4.78, 5) is 80.4. The van der Waals surface area contributed by atoms with Crippen molar-refractivity contribution in [2.24, 2.45) is 0 Å². The fraction of sp³-hybridized carbons (Fsp3) is 0.907. The molecule has 6 heterocycles. The Morgan fingerprint density at radius 2 is 0.822 bits per heavy atom. The maximum atomic E-state index is 14.4. The van der Waals surface area contributed by atoms with Crippen LogP contribution < -0.4 is 21.3 Å². The molecule has 25 N–H and O–H groups in total. The number of hydrogen-bond donors (Lipinski definition) is 25. The number of ether oxygens (including phenoxy) is 12. The van der Waals surface area contributed by atoms with Crippen molar-refractivity contribution in [2.75, 3.05) is 46.2 Å². The number of carboxylic acid groups (broad SMARTS) is 2. The fourth-order valence-corrected chi connectivity index (χ4v) is 17.3. The molecule has 6 rings (SSSR count). The molecule has 0 radical (unpaired) electrons. The number of carbonyl (C=O) groups is 6. The molecule has 12 unspecified atom stereocenters. The highest BCUT2D eigenvalue weighted by Gasteiger charge is 2.64. The third kappa shape index (κ3) is 33.6. The van der Waals surface area contributed by atoms with Gasteiger partial charge in [0.2, 0.25) is 23.6 Å². The van der Waals surface area contributed by atoms with Gasteiger partial charge in [-0.25, -0.2) is 9.59 Å². The predicted molar refractivity (Wildman–Crippen MR) is 449 cm³/mol. The van der Waals surface area contributed by atoms with E-state index >= 15 is 0 Å². The number of carboxylic acids is 2. The average molecular weight is 1870 g/mol. The van der Waals surface area contributed by atoms with E-state index in [1.165, 1.54) is 115 Å². The first-order valence-corrected chi connectivity index (χ1v) is 46.2. The van der Waals surface area contributed by atoms with Gasteiger partial charge in [-0.2, -0.15) is 0 Å². The predicted octanol–water partition coefficient (Wildman–Crippen LogP) is -3.09. The Kier molecular flexibility index (Phi) is 50.9. The highest BCUT2D eigenvalue weighted by Crippen LogP contribution is 2.43. The van der Waals surface area contributed by atoms with Crippen molar-refractivity contribution < 1.29 is 193 Å². The lowest BCUT2D eigenvalue weighted by Gasteiger charge is -2.53. The summed E-state index contributed by atoms with van der Waals surface area (Å²) in [6, 6.07) is -7.14. The van der Waals surface area contributed by atoms with Crippen LogP contribution in [0.15, 0.2) is 12.2 Å². The van der Waals surface area contributed by atoms with Crippen molar-refractivity contribution in [3.05, 3.63) is 12.2 Å². The Hall–Kier alpha value is -4.68. The average Bonchev–Trinajstić information content (AvgIpc) is 0.745. The maximum absolute atomic E-state index is 14.4. The van der Waals surface area contributed by atoms with Crippen molar-refractivity contribution in [3.63, 3.8) is 0 Å². The van der Waals surface area contributed by atoms with Gasteiger partial charge < -0.3 is 185 Å². The second-order valence-corrected chi connectivity index (χ2v) is 35.0. The number of amides is 4. The summed E-state index contributed by atoms with van der Waals surface area (Å²) in [5.41, 5.74) is 0. The summed E-state index contributed by atoms with van der Waals surface area (Å²) in [6.07, 6.45) is -29.4. The minimum atomic E-state index is -3.69. The van der Waals surface area contributed by atoms with Gasteiger partial charge >= 0.3 is 11.9 Å². The van der Waals surface area contributed by atoms with Crippen LogP contribution >= 0.6 is 0 Å². The minimum absolute atomic E-state index is 0.0860. The van der Waals surface area contributed by atoms with Crippen LogP contribution in [0.1, 0.15) is 240 Å². The largest absolute Gasteiger partial charge is 0.477 e. The zero-order chi connectivity index (χ0) is 95.2. The van der Waals surface area contributed by atoms with E-state index in [4.69, 9.17) is 56.8 Å². The number of aliphatic hydroxyl groups excluding tert-OH is 19. The Bertz CT molecular complexity index is 3240. The van der Waals surface area contributed by atoms with E-state index in [-0.39, 0.29) is 6.42 Å². The molecule has 6 saturated heterocycles. The smallest absolute Gasteiger partial charge is 0.364 e. The quantitative estimate of drug-likeness (QED) is 0.0212. The standard InChI is InChI=1S/C86H152N4O39/c1-6-8-10-12-14-16-18-20-21-22-23-25-27-29-31-33-35-37-60(104)90-50(51(100)36-34-32-30-28-26-24-19-17-15-13-11-9-7-2)46-118-80-71(112)69(110)73(58(44-95)121-80)123-82-72(113)78(74(59(45-96)122-82)124-79-63(89-49(5)99)75(66(107)56(42-93)119-79)125-81-70(111)68(109)65(106)55(41-92)120-81)129-86(84(116)117)39-53(102)62(88-48(4)98)77(128-86)67(108)57(43-94)126-85(83(114)115)38-52(101)61(87-47(3)97)76(127-85)64(105)54(103)40-91/h34,36,50-59,61-82,91-96,100-103,105-113H,6-33,35,37-46H2,1-5H3,(H,87,97)(H,88,98)(H,89,99)(H,90,104)(H,114,115)(H,116,117)/b36-34+/t50-,51+,52?,53?,54+,55?,56?,57+,58?,59?,61+,62+,63?,64+,65-,66-,67+,68-,69+,70?,71?,72?,73+,74-,75+,76?,77?,78+,79-,80+,81-,82-,85+,86-/m0/s1. The van der Waals surface area contributed by atoms with Gasteiger partial charge in [0, 0.05) is 40.0 Å². The molecule has 43 nitrogen and oxygen atoms in total. The number of nitrogens with one attached hydrogen (secondary N) is 4. The molecule has 129 heavy (non-hydrogen) atoms. The molecule has 6 aliphatic heterocycles. The van der Waals surface area contributed by atoms with Crippen LogP contribution in [0.2, 0.25) is 0 Å². The van der Waals surface area contributed by atoms with Gasteiger partial charge in [-0.1, -0.05) is 193 Å². The van der Waals surface area contributed by atoms with Gasteiger partial charge in [-0.3, -0.25) is 19.2 Å². The molecule has 0 bridgehead atoms. The van der Waals surface area contributed by atoms with Crippen molar-refractivity contribution in [3.8, 4) is 0 Å². The Morgan fingerprint density at radius 1 is 0.419 bits per heavy atom.